The topological polar surface area (TPSA) is 46.8 Å². The fourth-order valence-electron chi connectivity index (χ4n) is 4.35. The Morgan fingerprint density at radius 3 is 2.42 bits per heavy atom. The third-order valence-electron chi connectivity index (χ3n) is 5.97. The zero-order valence-electron chi connectivity index (χ0n) is 17.2. The molecule has 0 amide bonds. The van der Waals surface area contributed by atoms with E-state index < -0.39 is 0 Å². The maximum absolute atomic E-state index is 13.7. The number of rotatable bonds is 6. The van der Waals surface area contributed by atoms with Crippen LogP contribution in [-0.4, -0.2) is 31.7 Å². The molecule has 156 valence electrons. The highest BCUT2D eigenvalue weighted by Gasteiger charge is 2.30. The molecule has 0 bridgehead atoms. The maximum atomic E-state index is 13.7. The largest absolute Gasteiger partial charge is 0.285 e. The first-order valence-corrected chi connectivity index (χ1v) is 10.6. The second-order valence-corrected chi connectivity index (χ2v) is 7.94. The summed E-state index contributed by atoms with van der Waals surface area (Å²) in [5.74, 6) is 0.553. The molecule has 6 heteroatoms. The van der Waals surface area contributed by atoms with E-state index in [4.69, 9.17) is 0 Å². The third kappa shape index (κ3) is 4.25. The van der Waals surface area contributed by atoms with Crippen LogP contribution in [0.4, 0.5) is 4.39 Å². The van der Waals surface area contributed by atoms with Gasteiger partial charge < -0.3 is 0 Å². The molecule has 0 saturated heterocycles. The molecule has 1 aliphatic heterocycles. The summed E-state index contributed by atoms with van der Waals surface area (Å²) in [6.07, 6.45) is 1.82. The van der Waals surface area contributed by atoms with Gasteiger partial charge in [-0.2, -0.15) is 0 Å². The highest BCUT2D eigenvalue weighted by atomic mass is 19.1. The van der Waals surface area contributed by atoms with Gasteiger partial charge in [-0.25, -0.2) is 9.07 Å². The number of hydrogen-bond acceptors (Lipinski definition) is 4. The van der Waals surface area contributed by atoms with Crippen LogP contribution in [-0.2, 0) is 25.9 Å². The number of aromatic nitrogens is 4. The number of hydrogen-bond donors (Lipinski definition) is 0. The smallest absolute Gasteiger partial charge is 0.173 e. The summed E-state index contributed by atoms with van der Waals surface area (Å²) in [7, 11) is 0. The van der Waals surface area contributed by atoms with E-state index in [-0.39, 0.29) is 11.9 Å². The van der Waals surface area contributed by atoms with E-state index in [1.165, 1.54) is 28.8 Å². The summed E-state index contributed by atoms with van der Waals surface area (Å²) >= 11 is 0. The zero-order valence-corrected chi connectivity index (χ0v) is 17.2. The fourth-order valence-corrected chi connectivity index (χ4v) is 4.35. The van der Waals surface area contributed by atoms with E-state index in [1.807, 2.05) is 35.0 Å². The van der Waals surface area contributed by atoms with Gasteiger partial charge in [-0.05, 0) is 57.7 Å². The van der Waals surface area contributed by atoms with Crippen LogP contribution in [0.25, 0.3) is 0 Å². The maximum Gasteiger partial charge on any atom is 0.173 e. The highest BCUT2D eigenvalue weighted by Crippen LogP contribution is 2.32. The zero-order chi connectivity index (χ0) is 21.0. The summed E-state index contributed by atoms with van der Waals surface area (Å²) in [6.45, 7) is 2.39. The molecular formula is C25H24FN5. The van der Waals surface area contributed by atoms with Crippen molar-refractivity contribution in [1.82, 2.24) is 25.1 Å². The summed E-state index contributed by atoms with van der Waals surface area (Å²) in [5.41, 5.74) is 4.95. The van der Waals surface area contributed by atoms with E-state index in [9.17, 15) is 4.39 Å². The first-order chi connectivity index (χ1) is 15.3. The Morgan fingerprint density at radius 2 is 1.61 bits per heavy atom. The fraction of sp³-hybridized carbons (Fsp3) is 0.240. The molecule has 1 aliphatic rings. The van der Waals surface area contributed by atoms with Crippen molar-refractivity contribution in [2.24, 2.45) is 0 Å². The van der Waals surface area contributed by atoms with Crippen LogP contribution in [0.15, 0.2) is 78.9 Å². The van der Waals surface area contributed by atoms with Crippen molar-refractivity contribution >= 4 is 0 Å². The predicted molar refractivity (Wildman–Crippen MR) is 117 cm³/mol. The summed E-state index contributed by atoms with van der Waals surface area (Å²) < 4.78 is 15.6. The Balaban J connectivity index is 1.47. The number of benzene rings is 3. The van der Waals surface area contributed by atoms with Crippen molar-refractivity contribution in [2.75, 3.05) is 6.54 Å². The van der Waals surface area contributed by atoms with Crippen molar-refractivity contribution in [3.05, 3.63) is 113 Å². The lowest BCUT2D eigenvalue weighted by atomic mass is 9.96. The van der Waals surface area contributed by atoms with Gasteiger partial charge in [0, 0.05) is 19.6 Å². The third-order valence-corrected chi connectivity index (χ3v) is 5.97. The minimum Gasteiger partial charge on any atom is -0.285 e. The first kappa shape index (κ1) is 19.6. The minimum atomic E-state index is -0.241. The number of fused-ring (bicyclic) bond motifs is 1. The average Bonchev–Trinajstić information content (AvgIpc) is 3.28. The molecule has 0 radical (unpaired) electrons. The lowest BCUT2D eigenvalue weighted by Crippen LogP contribution is -2.36. The summed E-state index contributed by atoms with van der Waals surface area (Å²) in [5, 5.41) is 12.7. The highest BCUT2D eigenvalue weighted by molar-refractivity contribution is 5.32. The van der Waals surface area contributed by atoms with Crippen molar-refractivity contribution in [3.8, 4) is 0 Å². The van der Waals surface area contributed by atoms with Crippen LogP contribution >= 0.6 is 0 Å². The molecule has 0 aliphatic carbocycles. The Kier molecular flexibility index (Phi) is 5.54. The number of nitrogens with zero attached hydrogens (tertiary/aromatic N) is 5. The lowest BCUT2D eigenvalue weighted by Gasteiger charge is -2.35. The Bertz CT molecular complexity index is 1140. The van der Waals surface area contributed by atoms with E-state index in [0.29, 0.717) is 6.54 Å². The SMILES string of the molecule is Fc1ccc([C@H](c2nnnn2CCc2ccccc2)N2CCc3ccccc3C2)cc1. The van der Waals surface area contributed by atoms with Gasteiger partial charge in [0.25, 0.3) is 0 Å². The molecule has 0 N–H and O–H groups in total. The van der Waals surface area contributed by atoms with Crippen molar-refractivity contribution in [2.45, 2.75) is 32.0 Å². The minimum absolute atomic E-state index is 0.139. The van der Waals surface area contributed by atoms with E-state index in [2.05, 4.69) is 56.8 Å². The molecule has 31 heavy (non-hydrogen) atoms. The molecule has 2 heterocycles. The van der Waals surface area contributed by atoms with Gasteiger partial charge in [-0.1, -0.05) is 66.7 Å². The van der Waals surface area contributed by atoms with E-state index in [0.717, 1.165) is 37.3 Å². The average molecular weight is 414 g/mol. The molecular weight excluding hydrogens is 389 g/mol. The molecule has 1 aromatic heterocycles. The van der Waals surface area contributed by atoms with Crippen LogP contribution in [0.3, 0.4) is 0 Å². The molecule has 3 aromatic carbocycles. The number of tetrazole rings is 1. The molecule has 0 saturated carbocycles. The summed E-state index contributed by atoms with van der Waals surface area (Å²) in [6, 6.07) is 25.5. The molecule has 0 spiro atoms. The van der Waals surface area contributed by atoms with Crippen molar-refractivity contribution < 1.29 is 4.39 Å². The van der Waals surface area contributed by atoms with Crippen LogP contribution in [0.1, 0.15) is 34.1 Å². The molecule has 5 nitrogen and oxygen atoms in total. The van der Waals surface area contributed by atoms with Gasteiger partial charge in [0.2, 0.25) is 0 Å². The standard InChI is InChI=1S/C25H24FN5/c26-23-12-10-21(11-13-23)24(30-16-15-20-8-4-5-9-22(20)18-30)25-27-28-29-31(25)17-14-19-6-2-1-3-7-19/h1-13,24H,14-18H2/t24-/m1/s1. The Morgan fingerprint density at radius 1 is 0.871 bits per heavy atom. The van der Waals surface area contributed by atoms with Gasteiger partial charge in [0.15, 0.2) is 5.82 Å². The lowest BCUT2D eigenvalue weighted by molar-refractivity contribution is 0.194. The number of halogens is 1. The molecule has 0 unspecified atom stereocenters. The second kappa shape index (κ2) is 8.78. The molecule has 4 aromatic rings. The van der Waals surface area contributed by atoms with Crippen LogP contribution < -0.4 is 0 Å². The molecule has 0 fully saturated rings. The second-order valence-electron chi connectivity index (χ2n) is 7.94. The van der Waals surface area contributed by atoms with E-state index in [1.54, 1.807) is 0 Å². The first-order valence-electron chi connectivity index (χ1n) is 10.6. The normalized spacial score (nSPS) is 14.9. The van der Waals surface area contributed by atoms with Crippen molar-refractivity contribution in [3.63, 3.8) is 0 Å². The number of aryl methyl sites for hydroxylation is 2. The summed E-state index contributed by atoms with van der Waals surface area (Å²) in [4.78, 5) is 2.39. The van der Waals surface area contributed by atoms with Gasteiger partial charge in [-0.3, -0.25) is 4.90 Å². The van der Waals surface area contributed by atoms with Gasteiger partial charge in [0.05, 0.1) is 6.04 Å². The Labute approximate surface area is 181 Å². The monoisotopic (exact) mass is 413 g/mol. The van der Waals surface area contributed by atoms with Gasteiger partial charge in [0.1, 0.15) is 5.82 Å². The van der Waals surface area contributed by atoms with E-state index >= 15 is 0 Å². The van der Waals surface area contributed by atoms with Gasteiger partial charge >= 0.3 is 0 Å². The molecule has 1 atom stereocenters. The van der Waals surface area contributed by atoms with Crippen LogP contribution in [0.2, 0.25) is 0 Å². The van der Waals surface area contributed by atoms with Gasteiger partial charge in [-0.15, -0.1) is 5.10 Å². The van der Waals surface area contributed by atoms with Crippen LogP contribution in [0.5, 0.6) is 0 Å². The molecule has 5 rings (SSSR count). The van der Waals surface area contributed by atoms with Crippen molar-refractivity contribution in [1.29, 1.82) is 0 Å². The van der Waals surface area contributed by atoms with Crippen LogP contribution in [0, 0.1) is 5.82 Å². The predicted octanol–water partition coefficient (Wildman–Crippen LogP) is 4.20. The Hall–Kier alpha value is -3.38. The quantitative estimate of drug-likeness (QED) is 0.475.